The van der Waals surface area contributed by atoms with Gasteiger partial charge in [0.25, 0.3) is 0 Å². The number of aryl methyl sites for hydroxylation is 2. The minimum atomic E-state index is -0.566. The molecule has 1 aliphatic heterocycles. The molecule has 7 nitrogen and oxygen atoms in total. The van der Waals surface area contributed by atoms with Gasteiger partial charge >= 0.3 is 12.0 Å². The summed E-state index contributed by atoms with van der Waals surface area (Å²) in [6.07, 6.45) is 0. The standard InChI is InChI=1S/C17H18N4O3S2/c1-9-4-6-11(7-5-9)14-13(15(22)24-3)12(18-16(23)19-14)8-25-17-21-20-10(2)26-17/h4-7,14H,8H2,1-3H3,(H2,18,19,23)/t14-/m1/s1. The number of carbonyl (C=O) groups excluding carboxylic acids is 2. The van der Waals surface area contributed by atoms with Crippen molar-refractivity contribution in [2.75, 3.05) is 12.9 Å². The normalized spacial score (nSPS) is 16.9. The van der Waals surface area contributed by atoms with Crippen molar-refractivity contribution in [1.82, 2.24) is 20.8 Å². The molecule has 26 heavy (non-hydrogen) atoms. The van der Waals surface area contributed by atoms with Crippen LogP contribution in [0.15, 0.2) is 39.9 Å². The van der Waals surface area contributed by atoms with Crippen LogP contribution < -0.4 is 10.6 Å². The van der Waals surface area contributed by atoms with E-state index in [4.69, 9.17) is 4.74 Å². The van der Waals surface area contributed by atoms with Gasteiger partial charge in [0.15, 0.2) is 4.34 Å². The van der Waals surface area contributed by atoms with Crippen LogP contribution in [0.2, 0.25) is 0 Å². The van der Waals surface area contributed by atoms with Crippen LogP contribution in [0, 0.1) is 13.8 Å². The third-order valence-electron chi connectivity index (χ3n) is 3.82. The first kappa shape index (κ1) is 18.4. The van der Waals surface area contributed by atoms with E-state index in [1.54, 1.807) is 0 Å². The molecule has 0 aliphatic carbocycles. The zero-order chi connectivity index (χ0) is 18.7. The first-order valence-corrected chi connectivity index (χ1v) is 9.66. The Morgan fingerprint density at radius 1 is 1.27 bits per heavy atom. The number of carbonyl (C=O) groups is 2. The van der Waals surface area contributed by atoms with Crippen LogP contribution >= 0.6 is 23.1 Å². The molecular formula is C17H18N4O3S2. The summed E-state index contributed by atoms with van der Waals surface area (Å²) in [5.41, 5.74) is 2.83. The Morgan fingerprint density at radius 3 is 2.62 bits per heavy atom. The van der Waals surface area contributed by atoms with E-state index in [0.29, 0.717) is 17.0 Å². The molecule has 1 aromatic carbocycles. The molecule has 3 rings (SSSR count). The number of ether oxygens (including phenoxy) is 1. The number of methoxy groups -OCH3 is 1. The van der Waals surface area contributed by atoms with E-state index in [9.17, 15) is 9.59 Å². The molecule has 136 valence electrons. The molecule has 1 aromatic heterocycles. The van der Waals surface area contributed by atoms with E-state index in [-0.39, 0.29) is 6.03 Å². The van der Waals surface area contributed by atoms with Gasteiger partial charge in [0.1, 0.15) is 5.01 Å². The highest BCUT2D eigenvalue weighted by molar-refractivity contribution is 8.01. The Labute approximate surface area is 159 Å². The topological polar surface area (TPSA) is 93.2 Å². The predicted molar refractivity (Wildman–Crippen MR) is 100.0 cm³/mol. The lowest BCUT2D eigenvalue weighted by Gasteiger charge is -2.29. The molecule has 0 spiro atoms. The highest BCUT2D eigenvalue weighted by atomic mass is 32.2. The van der Waals surface area contributed by atoms with Crippen molar-refractivity contribution in [3.05, 3.63) is 51.7 Å². The summed E-state index contributed by atoms with van der Waals surface area (Å²) < 4.78 is 5.74. The average Bonchev–Trinajstić information content (AvgIpc) is 3.05. The molecule has 2 heterocycles. The van der Waals surface area contributed by atoms with E-state index in [1.807, 2.05) is 38.1 Å². The molecule has 0 fully saturated rings. The lowest BCUT2D eigenvalue weighted by atomic mass is 9.95. The minimum absolute atomic E-state index is 0.354. The molecule has 0 radical (unpaired) electrons. The number of nitrogens with zero attached hydrogens (tertiary/aromatic N) is 2. The quantitative estimate of drug-likeness (QED) is 0.602. The number of amides is 2. The van der Waals surface area contributed by atoms with Gasteiger partial charge in [-0.1, -0.05) is 52.9 Å². The second-order valence-electron chi connectivity index (χ2n) is 5.70. The number of aromatic nitrogens is 2. The third-order valence-corrected chi connectivity index (χ3v) is 5.82. The summed E-state index contributed by atoms with van der Waals surface area (Å²) in [4.78, 5) is 24.6. The minimum Gasteiger partial charge on any atom is -0.466 e. The average molecular weight is 390 g/mol. The largest absolute Gasteiger partial charge is 0.466 e. The molecule has 9 heteroatoms. The van der Waals surface area contributed by atoms with Crippen molar-refractivity contribution in [2.45, 2.75) is 24.2 Å². The van der Waals surface area contributed by atoms with Gasteiger partial charge in [0.05, 0.1) is 18.7 Å². The fourth-order valence-electron chi connectivity index (χ4n) is 2.56. The van der Waals surface area contributed by atoms with Crippen LogP contribution in [-0.4, -0.2) is 35.1 Å². The summed E-state index contributed by atoms with van der Waals surface area (Å²) in [5.74, 6) is -0.0957. The summed E-state index contributed by atoms with van der Waals surface area (Å²) >= 11 is 2.88. The molecule has 2 amide bonds. The van der Waals surface area contributed by atoms with Crippen LogP contribution in [0.25, 0.3) is 0 Å². The molecule has 2 N–H and O–H groups in total. The van der Waals surface area contributed by atoms with Crippen molar-refractivity contribution in [3.8, 4) is 0 Å². The Kier molecular flexibility index (Phi) is 5.58. The smallest absolute Gasteiger partial charge is 0.338 e. The molecule has 2 aromatic rings. The van der Waals surface area contributed by atoms with Gasteiger partial charge in [0, 0.05) is 11.4 Å². The van der Waals surface area contributed by atoms with Crippen LogP contribution in [0.5, 0.6) is 0 Å². The predicted octanol–water partition coefficient (Wildman–Crippen LogP) is 2.73. The monoisotopic (exact) mass is 390 g/mol. The number of benzene rings is 1. The third kappa shape index (κ3) is 4.05. The number of hydrogen-bond donors (Lipinski definition) is 2. The summed E-state index contributed by atoms with van der Waals surface area (Å²) in [5, 5.41) is 14.4. The summed E-state index contributed by atoms with van der Waals surface area (Å²) in [6.45, 7) is 3.86. The zero-order valence-corrected chi connectivity index (χ0v) is 16.2. The zero-order valence-electron chi connectivity index (χ0n) is 14.5. The fourth-order valence-corrected chi connectivity index (χ4v) is 4.35. The van der Waals surface area contributed by atoms with Gasteiger partial charge < -0.3 is 15.4 Å². The van der Waals surface area contributed by atoms with Gasteiger partial charge in [0.2, 0.25) is 0 Å². The molecule has 1 atom stereocenters. The maximum atomic E-state index is 12.4. The SMILES string of the molecule is COC(=O)C1=C(CSc2nnc(C)s2)NC(=O)N[C@@H]1c1ccc(C)cc1. The highest BCUT2D eigenvalue weighted by Gasteiger charge is 2.33. The lowest BCUT2D eigenvalue weighted by Crippen LogP contribution is -2.46. The Morgan fingerprint density at radius 2 is 2.00 bits per heavy atom. The van der Waals surface area contributed by atoms with Gasteiger partial charge in [-0.25, -0.2) is 9.59 Å². The molecule has 0 saturated heterocycles. The number of rotatable bonds is 5. The highest BCUT2D eigenvalue weighted by Crippen LogP contribution is 2.31. The summed E-state index contributed by atoms with van der Waals surface area (Å²) in [6, 6.07) is 6.75. The van der Waals surface area contributed by atoms with Gasteiger partial charge in [-0.15, -0.1) is 10.2 Å². The number of nitrogens with one attached hydrogen (secondary N) is 2. The first-order chi connectivity index (χ1) is 12.5. The maximum absolute atomic E-state index is 12.4. The second-order valence-corrected chi connectivity index (χ2v) is 8.11. The van der Waals surface area contributed by atoms with Crippen molar-refractivity contribution < 1.29 is 14.3 Å². The van der Waals surface area contributed by atoms with E-state index in [2.05, 4.69) is 20.8 Å². The Hall–Kier alpha value is -2.39. The maximum Gasteiger partial charge on any atom is 0.338 e. The molecule has 0 unspecified atom stereocenters. The van der Waals surface area contributed by atoms with Crippen molar-refractivity contribution >= 4 is 35.1 Å². The van der Waals surface area contributed by atoms with E-state index in [1.165, 1.54) is 30.2 Å². The van der Waals surface area contributed by atoms with Gasteiger partial charge in [-0.3, -0.25) is 0 Å². The fraction of sp³-hybridized carbons (Fsp3) is 0.294. The van der Waals surface area contributed by atoms with Crippen molar-refractivity contribution in [3.63, 3.8) is 0 Å². The van der Waals surface area contributed by atoms with Crippen LogP contribution in [0.4, 0.5) is 4.79 Å². The van der Waals surface area contributed by atoms with E-state index < -0.39 is 12.0 Å². The van der Waals surface area contributed by atoms with E-state index in [0.717, 1.165) is 20.5 Å². The second kappa shape index (κ2) is 7.88. The number of urea groups is 1. The van der Waals surface area contributed by atoms with Gasteiger partial charge in [-0.05, 0) is 19.4 Å². The number of esters is 1. The first-order valence-electron chi connectivity index (χ1n) is 7.86. The molecular weight excluding hydrogens is 372 g/mol. The van der Waals surface area contributed by atoms with Crippen molar-refractivity contribution in [1.29, 1.82) is 0 Å². The van der Waals surface area contributed by atoms with Gasteiger partial charge in [-0.2, -0.15) is 0 Å². The number of thioether (sulfide) groups is 1. The molecule has 1 aliphatic rings. The van der Waals surface area contributed by atoms with E-state index >= 15 is 0 Å². The lowest BCUT2D eigenvalue weighted by molar-refractivity contribution is -0.136. The van der Waals surface area contributed by atoms with Crippen LogP contribution in [0.3, 0.4) is 0 Å². The number of hydrogen-bond acceptors (Lipinski definition) is 7. The Balaban J connectivity index is 1.95. The molecule has 0 bridgehead atoms. The molecule has 0 saturated carbocycles. The van der Waals surface area contributed by atoms with Crippen LogP contribution in [0.1, 0.15) is 22.2 Å². The van der Waals surface area contributed by atoms with Crippen molar-refractivity contribution in [2.24, 2.45) is 0 Å². The van der Waals surface area contributed by atoms with Crippen LogP contribution in [-0.2, 0) is 9.53 Å². The Bertz CT molecular complexity index is 861. The summed E-state index contributed by atoms with van der Waals surface area (Å²) in [7, 11) is 1.33.